The van der Waals surface area contributed by atoms with Crippen molar-refractivity contribution < 1.29 is 19.5 Å². The van der Waals surface area contributed by atoms with Crippen molar-refractivity contribution in [1.82, 2.24) is 15.5 Å². The van der Waals surface area contributed by atoms with Gasteiger partial charge in [0.1, 0.15) is 0 Å². The number of carbonyl (C=O) groups is 3. The molecule has 120 valence electrons. The van der Waals surface area contributed by atoms with Crippen LogP contribution in [0.15, 0.2) is 0 Å². The number of amides is 3. The third-order valence-electron chi connectivity index (χ3n) is 3.47. The lowest BCUT2D eigenvalue weighted by Gasteiger charge is -2.21. The first-order valence-electron chi connectivity index (χ1n) is 7.45. The summed E-state index contributed by atoms with van der Waals surface area (Å²) in [5.74, 6) is -0.717. The van der Waals surface area contributed by atoms with Crippen LogP contribution in [0.4, 0.5) is 4.79 Å². The third kappa shape index (κ3) is 6.46. The molecule has 0 spiro atoms. The molecule has 7 heteroatoms. The second-order valence-electron chi connectivity index (χ2n) is 5.65. The number of carbonyl (C=O) groups excluding carboxylic acids is 2. The maximum Gasteiger partial charge on any atom is 0.315 e. The molecule has 3 N–H and O–H groups in total. The predicted molar refractivity (Wildman–Crippen MR) is 77.9 cm³/mol. The van der Waals surface area contributed by atoms with E-state index in [1.807, 2.05) is 13.8 Å². The van der Waals surface area contributed by atoms with Crippen LogP contribution in [0.3, 0.4) is 0 Å². The molecule has 0 saturated carbocycles. The number of urea groups is 1. The van der Waals surface area contributed by atoms with Crippen LogP contribution < -0.4 is 10.6 Å². The number of aliphatic carboxylic acids is 1. The minimum absolute atomic E-state index is 0.0731. The van der Waals surface area contributed by atoms with Gasteiger partial charge in [0.05, 0.1) is 6.04 Å². The van der Waals surface area contributed by atoms with Crippen LogP contribution in [0.5, 0.6) is 0 Å². The number of hydrogen-bond acceptors (Lipinski definition) is 3. The summed E-state index contributed by atoms with van der Waals surface area (Å²) in [7, 11) is 0. The van der Waals surface area contributed by atoms with Crippen molar-refractivity contribution in [1.29, 1.82) is 0 Å². The Labute approximate surface area is 125 Å². The van der Waals surface area contributed by atoms with Gasteiger partial charge in [-0.1, -0.05) is 6.42 Å². The van der Waals surface area contributed by atoms with Gasteiger partial charge in [0, 0.05) is 32.0 Å². The fourth-order valence-corrected chi connectivity index (χ4v) is 2.34. The van der Waals surface area contributed by atoms with Crippen molar-refractivity contribution in [2.45, 2.75) is 58.0 Å². The summed E-state index contributed by atoms with van der Waals surface area (Å²) in [6, 6.07) is -0.245. The zero-order chi connectivity index (χ0) is 15.8. The van der Waals surface area contributed by atoms with E-state index in [4.69, 9.17) is 5.11 Å². The highest BCUT2D eigenvalue weighted by Gasteiger charge is 2.31. The monoisotopic (exact) mass is 299 g/mol. The van der Waals surface area contributed by atoms with Gasteiger partial charge >= 0.3 is 12.0 Å². The SMILES string of the molecule is CC(C)N1CC(NC(=O)NCCCCCC(=O)O)CC1=O. The summed E-state index contributed by atoms with van der Waals surface area (Å²) in [5, 5.41) is 14.0. The number of likely N-dealkylation sites (tertiary alicyclic amines) is 1. The lowest BCUT2D eigenvalue weighted by Crippen LogP contribution is -2.44. The standard InChI is InChI=1S/C14H25N3O4/c1-10(2)17-9-11(8-12(17)18)16-14(21)15-7-5-3-4-6-13(19)20/h10-11H,3-9H2,1-2H3,(H,19,20)(H2,15,16,21). The Morgan fingerprint density at radius 2 is 2.05 bits per heavy atom. The van der Waals surface area contributed by atoms with Gasteiger partial charge in [0.15, 0.2) is 0 Å². The topological polar surface area (TPSA) is 98.7 Å². The molecular weight excluding hydrogens is 274 g/mol. The molecule has 0 aromatic heterocycles. The summed E-state index contributed by atoms with van der Waals surface area (Å²) >= 11 is 0. The van der Waals surface area contributed by atoms with Crippen molar-refractivity contribution >= 4 is 17.9 Å². The van der Waals surface area contributed by atoms with Gasteiger partial charge in [0.25, 0.3) is 0 Å². The first kappa shape index (κ1) is 17.3. The largest absolute Gasteiger partial charge is 0.481 e. The van der Waals surface area contributed by atoms with Gasteiger partial charge in [0.2, 0.25) is 5.91 Å². The third-order valence-corrected chi connectivity index (χ3v) is 3.47. The highest BCUT2D eigenvalue weighted by molar-refractivity contribution is 5.81. The summed E-state index contributed by atoms with van der Waals surface area (Å²) in [6.45, 7) is 4.98. The number of carboxylic acids is 1. The van der Waals surface area contributed by atoms with Crippen molar-refractivity contribution in [3.8, 4) is 0 Å². The summed E-state index contributed by atoms with van der Waals surface area (Å²) in [5.41, 5.74) is 0. The Hall–Kier alpha value is -1.79. The van der Waals surface area contributed by atoms with E-state index in [9.17, 15) is 14.4 Å². The molecule has 3 amide bonds. The average molecular weight is 299 g/mol. The molecule has 1 atom stereocenters. The minimum Gasteiger partial charge on any atom is -0.481 e. The van der Waals surface area contributed by atoms with Gasteiger partial charge in [-0.3, -0.25) is 9.59 Å². The van der Waals surface area contributed by atoms with E-state index < -0.39 is 5.97 Å². The van der Waals surface area contributed by atoms with E-state index in [0.29, 0.717) is 25.9 Å². The van der Waals surface area contributed by atoms with Crippen LogP contribution in [-0.2, 0) is 9.59 Å². The molecule has 0 aromatic rings. The molecular formula is C14H25N3O4. The van der Waals surface area contributed by atoms with E-state index in [1.165, 1.54) is 0 Å². The molecule has 1 saturated heterocycles. The fraction of sp³-hybridized carbons (Fsp3) is 0.786. The molecule has 0 aliphatic carbocycles. The minimum atomic E-state index is -0.790. The number of carboxylic acid groups (broad SMARTS) is 1. The molecule has 1 fully saturated rings. The predicted octanol–water partition coefficient (Wildman–Crippen LogP) is 0.940. The van der Waals surface area contributed by atoms with Gasteiger partial charge in [-0.2, -0.15) is 0 Å². The summed E-state index contributed by atoms with van der Waals surface area (Å²) in [4.78, 5) is 35.5. The molecule has 1 unspecified atom stereocenters. The van der Waals surface area contributed by atoms with Crippen LogP contribution >= 0.6 is 0 Å². The second-order valence-corrected chi connectivity index (χ2v) is 5.65. The zero-order valence-corrected chi connectivity index (χ0v) is 12.7. The van der Waals surface area contributed by atoms with Gasteiger partial charge < -0.3 is 20.6 Å². The number of hydrogen-bond donors (Lipinski definition) is 3. The number of nitrogens with zero attached hydrogens (tertiary/aromatic N) is 1. The molecule has 0 bridgehead atoms. The summed E-state index contributed by atoms with van der Waals surface area (Å²) < 4.78 is 0. The van der Waals surface area contributed by atoms with E-state index in [-0.39, 0.29) is 30.4 Å². The van der Waals surface area contributed by atoms with Crippen LogP contribution in [0, 0.1) is 0 Å². The lowest BCUT2D eigenvalue weighted by molar-refractivity contribution is -0.137. The van der Waals surface area contributed by atoms with Gasteiger partial charge in [-0.05, 0) is 26.7 Å². The smallest absolute Gasteiger partial charge is 0.315 e. The van der Waals surface area contributed by atoms with E-state index in [0.717, 1.165) is 12.8 Å². The van der Waals surface area contributed by atoms with Crippen LogP contribution in [0.25, 0.3) is 0 Å². The number of unbranched alkanes of at least 4 members (excludes halogenated alkanes) is 2. The maximum atomic E-state index is 11.7. The average Bonchev–Trinajstić information content (AvgIpc) is 2.74. The Morgan fingerprint density at radius 3 is 2.62 bits per heavy atom. The Kier molecular flexibility index (Phi) is 6.98. The van der Waals surface area contributed by atoms with Crippen molar-refractivity contribution in [3.05, 3.63) is 0 Å². The molecule has 21 heavy (non-hydrogen) atoms. The molecule has 1 aliphatic heterocycles. The van der Waals surface area contributed by atoms with E-state index in [1.54, 1.807) is 4.90 Å². The van der Waals surface area contributed by atoms with Crippen molar-refractivity contribution in [2.75, 3.05) is 13.1 Å². The van der Waals surface area contributed by atoms with Crippen LogP contribution in [-0.4, -0.2) is 53.1 Å². The van der Waals surface area contributed by atoms with Crippen LogP contribution in [0.1, 0.15) is 46.0 Å². The number of nitrogens with one attached hydrogen (secondary N) is 2. The lowest BCUT2D eigenvalue weighted by atomic mass is 10.2. The first-order chi connectivity index (χ1) is 9.90. The molecule has 1 heterocycles. The van der Waals surface area contributed by atoms with E-state index >= 15 is 0 Å². The molecule has 0 radical (unpaired) electrons. The molecule has 1 aliphatic rings. The molecule has 7 nitrogen and oxygen atoms in total. The first-order valence-corrected chi connectivity index (χ1v) is 7.45. The Morgan fingerprint density at radius 1 is 1.33 bits per heavy atom. The Balaban J connectivity index is 2.12. The molecule has 0 aromatic carbocycles. The van der Waals surface area contributed by atoms with E-state index in [2.05, 4.69) is 10.6 Å². The quantitative estimate of drug-likeness (QED) is 0.581. The maximum absolute atomic E-state index is 11.7. The highest BCUT2D eigenvalue weighted by atomic mass is 16.4. The highest BCUT2D eigenvalue weighted by Crippen LogP contribution is 2.13. The van der Waals surface area contributed by atoms with Gasteiger partial charge in [-0.15, -0.1) is 0 Å². The van der Waals surface area contributed by atoms with Crippen LogP contribution in [0.2, 0.25) is 0 Å². The van der Waals surface area contributed by atoms with Crippen molar-refractivity contribution in [2.24, 2.45) is 0 Å². The van der Waals surface area contributed by atoms with Gasteiger partial charge in [-0.25, -0.2) is 4.79 Å². The number of rotatable bonds is 8. The summed E-state index contributed by atoms with van der Waals surface area (Å²) in [6.07, 6.45) is 2.67. The second kappa shape index (κ2) is 8.49. The Bertz CT molecular complexity index is 384. The molecule has 1 rings (SSSR count). The van der Waals surface area contributed by atoms with Crippen molar-refractivity contribution in [3.63, 3.8) is 0 Å². The fourth-order valence-electron chi connectivity index (χ4n) is 2.34. The zero-order valence-electron chi connectivity index (χ0n) is 12.7. The normalized spacial score (nSPS) is 18.1.